The van der Waals surface area contributed by atoms with Gasteiger partial charge < -0.3 is 16.0 Å². The number of thioether (sulfide) groups is 1. The second kappa shape index (κ2) is 7.11. The van der Waals surface area contributed by atoms with Crippen LogP contribution in [0.15, 0.2) is 0 Å². The number of carbonyl (C=O) groups excluding carboxylic acids is 1. The van der Waals surface area contributed by atoms with Gasteiger partial charge in [0.15, 0.2) is 0 Å². The Kier molecular flexibility index (Phi) is 5.45. The zero-order valence-corrected chi connectivity index (χ0v) is 11.2. The SMILES string of the molecule is O=C(NCC1CCCNC1)NCC1CCCS1. The van der Waals surface area contributed by atoms with E-state index in [1.54, 1.807) is 0 Å². The van der Waals surface area contributed by atoms with Gasteiger partial charge in [0.2, 0.25) is 0 Å². The van der Waals surface area contributed by atoms with Crippen molar-refractivity contribution in [1.82, 2.24) is 16.0 Å². The second-order valence-corrected chi connectivity index (χ2v) is 6.35. The Balaban J connectivity index is 1.53. The molecule has 2 fully saturated rings. The highest BCUT2D eigenvalue weighted by atomic mass is 32.2. The predicted octanol–water partition coefficient (Wildman–Crippen LogP) is 1.18. The molecule has 0 spiro atoms. The molecule has 0 saturated carbocycles. The summed E-state index contributed by atoms with van der Waals surface area (Å²) in [4.78, 5) is 11.6. The smallest absolute Gasteiger partial charge is 0.314 e. The van der Waals surface area contributed by atoms with Crippen LogP contribution >= 0.6 is 11.8 Å². The molecule has 2 atom stereocenters. The summed E-state index contributed by atoms with van der Waals surface area (Å²) in [6, 6.07) is 0.00285. The van der Waals surface area contributed by atoms with Crippen LogP contribution in [-0.2, 0) is 0 Å². The maximum absolute atomic E-state index is 11.6. The molecule has 3 N–H and O–H groups in total. The van der Waals surface area contributed by atoms with Gasteiger partial charge in [-0.25, -0.2) is 4.79 Å². The quantitative estimate of drug-likeness (QED) is 0.709. The number of nitrogens with one attached hydrogen (secondary N) is 3. The molecular formula is C12H23N3OS. The van der Waals surface area contributed by atoms with Gasteiger partial charge >= 0.3 is 6.03 Å². The number of amides is 2. The molecule has 2 amide bonds. The van der Waals surface area contributed by atoms with Crippen LogP contribution in [0.25, 0.3) is 0 Å². The minimum Gasteiger partial charge on any atom is -0.338 e. The lowest BCUT2D eigenvalue weighted by Crippen LogP contribution is -2.43. The van der Waals surface area contributed by atoms with Gasteiger partial charge in [-0.2, -0.15) is 11.8 Å². The van der Waals surface area contributed by atoms with Gasteiger partial charge in [0.05, 0.1) is 0 Å². The Bertz CT molecular complexity index is 238. The predicted molar refractivity (Wildman–Crippen MR) is 72.5 cm³/mol. The van der Waals surface area contributed by atoms with Crippen molar-refractivity contribution in [2.24, 2.45) is 5.92 Å². The Morgan fingerprint density at radius 1 is 1.24 bits per heavy atom. The first-order valence-corrected chi connectivity index (χ1v) is 7.73. The Labute approximate surface area is 108 Å². The molecule has 0 radical (unpaired) electrons. The molecule has 0 bridgehead atoms. The molecule has 5 heteroatoms. The van der Waals surface area contributed by atoms with Crippen LogP contribution in [0.2, 0.25) is 0 Å². The molecule has 0 aromatic carbocycles. The van der Waals surface area contributed by atoms with E-state index in [9.17, 15) is 4.79 Å². The third-order valence-corrected chi connectivity index (χ3v) is 4.86. The molecule has 0 aliphatic carbocycles. The molecule has 2 aliphatic heterocycles. The lowest BCUT2D eigenvalue weighted by molar-refractivity contribution is 0.237. The average molecular weight is 257 g/mol. The van der Waals surface area contributed by atoms with Crippen molar-refractivity contribution in [2.45, 2.75) is 30.9 Å². The molecule has 0 aromatic rings. The van der Waals surface area contributed by atoms with E-state index in [0.717, 1.165) is 26.2 Å². The van der Waals surface area contributed by atoms with Gasteiger partial charge in [-0.1, -0.05) is 0 Å². The van der Waals surface area contributed by atoms with Crippen molar-refractivity contribution in [2.75, 3.05) is 31.9 Å². The van der Waals surface area contributed by atoms with Crippen LogP contribution in [-0.4, -0.2) is 43.2 Å². The summed E-state index contributed by atoms with van der Waals surface area (Å²) in [6.07, 6.45) is 5.00. The van der Waals surface area contributed by atoms with Gasteiger partial charge in [-0.15, -0.1) is 0 Å². The van der Waals surface area contributed by atoms with Gasteiger partial charge in [0, 0.05) is 18.3 Å². The highest BCUT2D eigenvalue weighted by Crippen LogP contribution is 2.25. The van der Waals surface area contributed by atoms with Gasteiger partial charge in [-0.05, 0) is 50.4 Å². The Morgan fingerprint density at radius 2 is 2.12 bits per heavy atom. The van der Waals surface area contributed by atoms with E-state index in [2.05, 4.69) is 16.0 Å². The summed E-state index contributed by atoms with van der Waals surface area (Å²) in [5.74, 6) is 1.86. The van der Waals surface area contributed by atoms with Crippen LogP contribution in [0.5, 0.6) is 0 Å². The van der Waals surface area contributed by atoms with Crippen LogP contribution in [0.1, 0.15) is 25.7 Å². The largest absolute Gasteiger partial charge is 0.338 e. The monoisotopic (exact) mass is 257 g/mol. The summed E-state index contributed by atoms with van der Waals surface area (Å²) in [5.41, 5.74) is 0. The first kappa shape index (κ1) is 13.0. The summed E-state index contributed by atoms with van der Waals surface area (Å²) >= 11 is 1.98. The molecule has 2 saturated heterocycles. The zero-order chi connectivity index (χ0) is 11.9. The third-order valence-electron chi connectivity index (χ3n) is 3.46. The maximum Gasteiger partial charge on any atom is 0.314 e. The van der Waals surface area contributed by atoms with Crippen LogP contribution in [0.3, 0.4) is 0 Å². The van der Waals surface area contributed by atoms with Crippen molar-refractivity contribution < 1.29 is 4.79 Å². The molecule has 2 unspecified atom stereocenters. The molecule has 98 valence electrons. The molecule has 2 rings (SSSR count). The zero-order valence-electron chi connectivity index (χ0n) is 10.3. The van der Waals surface area contributed by atoms with E-state index in [1.807, 2.05) is 11.8 Å². The minimum absolute atomic E-state index is 0.00285. The maximum atomic E-state index is 11.6. The highest BCUT2D eigenvalue weighted by molar-refractivity contribution is 8.00. The van der Waals surface area contributed by atoms with E-state index < -0.39 is 0 Å². The second-order valence-electron chi connectivity index (χ2n) is 4.94. The van der Waals surface area contributed by atoms with E-state index in [0.29, 0.717) is 11.2 Å². The van der Waals surface area contributed by atoms with E-state index in [4.69, 9.17) is 0 Å². The molecular weight excluding hydrogens is 234 g/mol. The fraction of sp³-hybridized carbons (Fsp3) is 0.917. The molecule has 0 aromatic heterocycles. The normalized spacial score (nSPS) is 28.9. The lowest BCUT2D eigenvalue weighted by atomic mass is 10.00. The fourth-order valence-electron chi connectivity index (χ4n) is 2.41. The van der Waals surface area contributed by atoms with Crippen molar-refractivity contribution in [3.05, 3.63) is 0 Å². The van der Waals surface area contributed by atoms with Crippen molar-refractivity contribution in [3.8, 4) is 0 Å². The average Bonchev–Trinajstić information content (AvgIpc) is 2.88. The summed E-state index contributed by atoms with van der Waals surface area (Å²) in [5, 5.41) is 9.95. The summed E-state index contributed by atoms with van der Waals surface area (Å²) in [6.45, 7) is 3.79. The molecule has 4 nitrogen and oxygen atoms in total. The summed E-state index contributed by atoms with van der Waals surface area (Å²) in [7, 11) is 0. The number of hydrogen-bond acceptors (Lipinski definition) is 3. The molecule has 2 aliphatic rings. The van der Waals surface area contributed by atoms with E-state index in [1.165, 1.54) is 31.4 Å². The first-order chi connectivity index (χ1) is 8.34. The van der Waals surface area contributed by atoms with Crippen molar-refractivity contribution >= 4 is 17.8 Å². The van der Waals surface area contributed by atoms with E-state index in [-0.39, 0.29) is 6.03 Å². The van der Waals surface area contributed by atoms with Crippen molar-refractivity contribution in [3.63, 3.8) is 0 Å². The number of carbonyl (C=O) groups is 1. The van der Waals surface area contributed by atoms with Gasteiger partial charge in [-0.3, -0.25) is 0 Å². The number of rotatable bonds is 4. The van der Waals surface area contributed by atoms with Crippen molar-refractivity contribution in [1.29, 1.82) is 0 Å². The highest BCUT2D eigenvalue weighted by Gasteiger charge is 2.17. The summed E-state index contributed by atoms with van der Waals surface area (Å²) < 4.78 is 0. The number of urea groups is 1. The number of piperidine rings is 1. The minimum atomic E-state index is 0.00285. The topological polar surface area (TPSA) is 53.2 Å². The van der Waals surface area contributed by atoms with Gasteiger partial charge in [0.1, 0.15) is 0 Å². The van der Waals surface area contributed by atoms with Crippen LogP contribution in [0, 0.1) is 5.92 Å². The Morgan fingerprint density at radius 3 is 2.82 bits per heavy atom. The Hall–Kier alpha value is -0.420. The fourth-order valence-corrected chi connectivity index (χ4v) is 3.61. The van der Waals surface area contributed by atoms with Gasteiger partial charge in [0.25, 0.3) is 0 Å². The third kappa shape index (κ3) is 4.76. The molecule has 2 heterocycles. The molecule has 17 heavy (non-hydrogen) atoms. The standard InChI is InChI=1S/C12H23N3OS/c16-12(15-9-11-4-2-6-17-11)14-8-10-3-1-5-13-7-10/h10-11,13H,1-9H2,(H2,14,15,16). The van der Waals surface area contributed by atoms with Crippen LogP contribution in [0.4, 0.5) is 4.79 Å². The van der Waals surface area contributed by atoms with E-state index >= 15 is 0 Å². The first-order valence-electron chi connectivity index (χ1n) is 6.68. The lowest BCUT2D eigenvalue weighted by Gasteiger charge is -2.23. The van der Waals surface area contributed by atoms with Crippen LogP contribution < -0.4 is 16.0 Å². The number of hydrogen-bond donors (Lipinski definition) is 3.